The van der Waals surface area contributed by atoms with E-state index in [1.807, 2.05) is 13.8 Å². The van der Waals surface area contributed by atoms with Crippen LogP contribution in [0, 0.1) is 0 Å². The lowest BCUT2D eigenvalue weighted by atomic mass is 10.3. The molecule has 0 unspecified atom stereocenters. The minimum Gasteiger partial charge on any atom is -0.300 e. The quantitative estimate of drug-likeness (QED) is 0.671. The SMILES string of the molecule is CCOP(=O)(N/C=C(/C)CC)OCC. The molecule has 0 saturated heterocycles. The maximum Gasteiger partial charge on any atom is 0.432 e. The molecule has 0 aromatic carbocycles. The first-order valence-electron chi connectivity index (χ1n) is 4.90. The van der Waals surface area contributed by atoms with Gasteiger partial charge in [-0.1, -0.05) is 12.5 Å². The zero-order valence-corrected chi connectivity index (χ0v) is 10.3. The summed E-state index contributed by atoms with van der Waals surface area (Å²) in [6, 6.07) is 0. The van der Waals surface area contributed by atoms with E-state index in [9.17, 15) is 4.57 Å². The van der Waals surface area contributed by atoms with Crippen molar-refractivity contribution >= 4 is 7.75 Å². The Kier molecular flexibility index (Phi) is 6.89. The van der Waals surface area contributed by atoms with Crippen LogP contribution in [0.1, 0.15) is 34.1 Å². The molecule has 0 radical (unpaired) electrons. The molecule has 0 aromatic rings. The number of allylic oxidation sites excluding steroid dienone is 1. The Labute approximate surface area is 86.3 Å². The van der Waals surface area contributed by atoms with Gasteiger partial charge in [0.15, 0.2) is 0 Å². The average Bonchev–Trinajstić information content (AvgIpc) is 2.15. The Morgan fingerprint density at radius 3 is 2.14 bits per heavy atom. The smallest absolute Gasteiger partial charge is 0.300 e. The monoisotopic (exact) mass is 221 g/mol. The Balaban J connectivity index is 4.29. The highest BCUT2D eigenvalue weighted by molar-refractivity contribution is 7.51. The molecule has 0 rings (SSSR count). The molecule has 84 valence electrons. The molecule has 0 heterocycles. The molecule has 1 N–H and O–H groups in total. The summed E-state index contributed by atoms with van der Waals surface area (Å²) in [6.07, 6.45) is 2.59. The van der Waals surface area contributed by atoms with Gasteiger partial charge < -0.3 is 0 Å². The first-order chi connectivity index (χ1) is 6.58. The number of hydrogen-bond acceptors (Lipinski definition) is 3. The fourth-order valence-electron chi connectivity index (χ4n) is 0.743. The van der Waals surface area contributed by atoms with Crippen molar-refractivity contribution in [1.82, 2.24) is 5.09 Å². The fraction of sp³-hybridized carbons (Fsp3) is 0.778. The zero-order valence-electron chi connectivity index (χ0n) is 9.37. The largest absolute Gasteiger partial charge is 0.432 e. The van der Waals surface area contributed by atoms with Gasteiger partial charge in [0.1, 0.15) is 0 Å². The summed E-state index contributed by atoms with van der Waals surface area (Å²) in [4.78, 5) is 0. The van der Waals surface area contributed by atoms with Crippen molar-refractivity contribution in [1.29, 1.82) is 0 Å². The van der Waals surface area contributed by atoms with Crippen LogP contribution in [0.25, 0.3) is 0 Å². The summed E-state index contributed by atoms with van der Waals surface area (Å²) in [5, 5.41) is 2.70. The third-order valence-electron chi connectivity index (χ3n) is 1.62. The maximum atomic E-state index is 11.8. The number of hydrogen-bond donors (Lipinski definition) is 1. The normalized spacial score (nSPS) is 13.0. The fourth-order valence-corrected chi connectivity index (χ4v) is 2.02. The van der Waals surface area contributed by atoms with E-state index in [0.717, 1.165) is 12.0 Å². The van der Waals surface area contributed by atoms with E-state index < -0.39 is 7.75 Å². The van der Waals surface area contributed by atoms with Crippen molar-refractivity contribution in [2.75, 3.05) is 13.2 Å². The average molecular weight is 221 g/mol. The van der Waals surface area contributed by atoms with Crippen molar-refractivity contribution in [3.8, 4) is 0 Å². The third kappa shape index (κ3) is 5.43. The Bertz CT molecular complexity index is 218. The summed E-state index contributed by atoms with van der Waals surface area (Å²) in [5.41, 5.74) is 1.10. The van der Waals surface area contributed by atoms with E-state index in [4.69, 9.17) is 9.05 Å². The van der Waals surface area contributed by atoms with E-state index in [1.54, 1.807) is 20.0 Å². The molecule has 0 aliphatic heterocycles. The minimum absolute atomic E-state index is 0.364. The lowest BCUT2D eigenvalue weighted by Crippen LogP contribution is -2.09. The predicted octanol–water partition coefficient (Wildman–Crippen LogP) is 3.07. The van der Waals surface area contributed by atoms with Crippen LogP contribution in [0.3, 0.4) is 0 Å². The highest BCUT2D eigenvalue weighted by atomic mass is 31.2. The van der Waals surface area contributed by atoms with Crippen LogP contribution in [0.5, 0.6) is 0 Å². The molecule has 0 amide bonds. The van der Waals surface area contributed by atoms with Gasteiger partial charge in [-0.3, -0.25) is 14.1 Å². The van der Waals surface area contributed by atoms with Crippen LogP contribution >= 0.6 is 7.75 Å². The third-order valence-corrected chi connectivity index (χ3v) is 3.27. The van der Waals surface area contributed by atoms with Gasteiger partial charge in [0, 0.05) is 6.20 Å². The number of rotatable bonds is 7. The van der Waals surface area contributed by atoms with Crippen molar-refractivity contribution in [3.05, 3.63) is 11.8 Å². The van der Waals surface area contributed by atoms with Gasteiger partial charge in [-0.15, -0.1) is 0 Å². The summed E-state index contributed by atoms with van der Waals surface area (Å²) in [7, 11) is -3.11. The molecular formula is C9H20NO3P. The standard InChI is InChI=1S/C9H20NO3P/c1-5-9(4)8-10-14(11,12-6-2)13-7-3/h8H,5-7H2,1-4H3,(H,10,11)/b9-8-. The summed E-state index contributed by atoms with van der Waals surface area (Å²) in [6.45, 7) is 8.27. The first-order valence-corrected chi connectivity index (χ1v) is 6.44. The maximum absolute atomic E-state index is 11.8. The summed E-state index contributed by atoms with van der Waals surface area (Å²) >= 11 is 0. The molecule has 0 aromatic heterocycles. The summed E-state index contributed by atoms with van der Waals surface area (Å²) in [5.74, 6) is 0. The van der Waals surface area contributed by atoms with E-state index in [0.29, 0.717) is 13.2 Å². The van der Waals surface area contributed by atoms with E-state index in [2.05, 4.69) is 5.09 Å². The highest BCUT2D eigenvalue weighted by Gasteiger charge is 2.21. The Morgan fingerprint density at radius 2 is 1.79 bits per heavy atom. The zero-order chi connectivity index (χ0) is 11.0. The Hall–Kier alpha value is -0.310. The van der Waals surface area contributed by atoms with Gasteiger partial charge >= 0.3 is 7.75 Å². The van der Waals surface area contributed by atoms with E-state index in [-0.39, 0.29) is 0 Å². The summed E-state index contributed by atoms with van der Waals surface area (Å²) < 4.78 is 21.9. The van der Waals surface area contributed by atoms with Gasteiger partial charge in [-0.05, 0) is 27.2 Å². The van der Waals surface area contributed by atoms with Gasteiger partial charge in [-0.25, -0.2) is 4.57 Å². The van der Waals surface area contributed by atoms with Gasteiger partial charge in [0.2, 0.25) is 0 Å². The van der Waals surface area contributed by atoms with Crippen LogP contribution in [-0.4, -0.2) is 13.2 Å². The lowest BCUT2D eigenvalue weighted by molar-refractivity contribution is 0.214. The second-order valence-corrected chi connectivity index (χ2v) is 4.58. The van der Waals surface area contributed by atoms with Crippen LogP contribution in [0.15, 0.2) is 11.8 Å². The molecule has 5 heteroatoms. The topological polar surface area (TPSA) is 47.6 Å². The second kappa shape index (κ2) is 7.04. The molecule has 4 nitrogen and oxygen atoms in total. The van der Waals surface area contributed by atoms with Crippen molar-refractivity contribution < 1.29 is 13.6 Å². The molecule has 0 saturated carbocycles. The van der Waals surface area contributed by atoms with Crippen LogP contribution < -0.4 is 5.09 Å². The lowest BCUT2D eigenvalue weighted by Gasteiger charge is -2.16. The number of nitrogens with one attached hydrogen (secondary N) is 1. The van der Waals surface area contributed by atoms with Gasteiger partial charge in [0.05, 0.1) is 13.2 Å². The molecule has 0 aliphatic carbocycles. The molecule has 0 bridgehead atoms. The molecule has 14 heavy (non-hydrogen) atoms. The van der Waals surface area contributed by atoms with Crippen molar-refractivity contribution in [3.63, 3.8) is 0 Å². The first kappa shape index (κ1) is 13.7. The molecule has 0 spiro atoms. The van der Waals surface area contributed by atoms with Crippen LogP contribution in [0.4, 0.5) is 0 Å². The molecular weight excluding hydrogens is 201 g/mol. The van der Waals surface area contributed by atoms with Crippen LogP contribution in [0.2, 0.25) is 0 Å². The van der Waals surface area contributed by atoms with Gasteiger partial charge in [-0.2, -0.15) is 0 Å². The Morgan fingerprint density at radius 1 is 1.29 bits per heavy atom. The van der Waals surface area contributed by atoms with Crippen molar-refractivity contribution in [2.45, 2.75) is 34.1 Å². The molecule has 0 aliphatic rings. The second-order valence-electron chi connectivity index (χ2n) is 2.81. The highest BCUT2D eigenvalue weighted by Crippen LogP contribution is 2.43. The molecule has 0 atom stereocenters. The van der Waals surface area contributed by atoms with Gasteiger partial charge in [0.25, 0.3) is 0 Å². The van der Waals surface area contributed by atoms with Crippen LogP contribution in [-0.2, 0) is 13.6 Å². The minimum atomic E-state index is -3.11. The predicted molar refractivity (Wildman–Crippen MR) is 58.0 cm³/mol. The molecule has 0 fully saturated rings. The van der Waals surface area contributed by atoms with E-state index in [1.165, 1.54) is 0 Å². The van der Waals surface area contributed by atoms with E-state index >= 15 is 0 Å². The van der Waals surface area contributed by atoms with Crippen molar-refractivity contribution in [2.24, 2.45) is 0 Å².